The number of nitrogens with zero attached hydrogens (tertiary/aromatic N) is 1. The molecule has 0 spiro atoms. The van der Waals surface area contributed by atoms with Gasteiger partial charge in [0.15, 0.2) is 11.5 Å². The second-order valence-corrected chi connectivity index (χ2v) is 4.71. The van der Waals surface area contributed by atoms with Crippen LogP contribution in [-0.2, 0) is 0 Å². The van der Waals surface area contributed by atoms with Gasteiger partial charge in [0.05, 0.1) is 0 Å². The molecule has 2 rings (SSSR count). The number of aliphatic hydroxyl groups is 1. The van der Waals surface area contributed by atoms with Gasteiger partial charge in [-0.1, -0.05) is 16.8 Å². The first-order valence-electron chi connectivity index (χ1n) is 6.32. The number of aliphatic hydroxyl groups excluding tert-OH is 1. The Kier molecular flexibility index (Phi) is 5.15. The van der Waals surface area contributed by atoms with Crippen LogP contribution in [0.25, 0.3) is 11.3 Å². The van der Waals surface area contributed by atoms with Crippen molar-refractivity contribution in [1.29, 1.82) is 0 Å². The number of aromatic nitrogens is 1. The van der Waals surface area contributed by atoms with Crippen LogP contribution >= 0.6 is 11.6 Å². The minimum absolute atomic E-state index is 0.126. The van der Waals surface area contributed by atoms with Gasteiger partial charge in [0.2, 0.25) is 0 Å². The quantitative estimate of drug-likeness (QED) is 0.803. The number of benzene rings is 1. The highest BCUT2D eigenvalue weighted by Gasteiger charge is 2.13. The number of carbonyl (C=O) groups is 1. The lowest BCUT2D eigenvalue weighted by atomic mass is 10.1. The number of rotatable bonds is 6. The van der Waals surface area contributed by atoms with Crippen molar-refractivity contribution < 1.29 is 14.4 Å². The van der Waals surface area contributed by atoms with E-state index in [4.69, 9.17) is 21.2 Å². The van der Waals surface area contributed by atoms with Crippen molar-refractivity contribution >= 4 is 17.5 Å². The van der Waals surface area contributed by atoms with Gasteiger partial charge in [-0.05, 0) is 37.1 Å². The van der Waals surface area contributed by atoms with E-state index in [1.165, 1.54) is 0 Å². The summed E-state index contributed by atoms with van der Waals surface area (Å²) in [5.74, 6) is 0.231. The summed E-state index contributed by atoms with van der Waals surface area (Å²) in [6.07, 6.45) is 1.39. The summed E-state index contributed by atoms with van der Waals surface area (Å²) < 4.78 is 5.15. The van der Waals surface area contributed by atoms with E-state index in [0.29, 0.717) is 23.7 Å². The molecule has 0 atom stereocenters. The first-order valence-corrected chi connectivity index (χ1v) is 6.70. The van der Waals surface area contributed by atoms with Crippen LogP contribution in [0, 0.1) is 0 Å². The molecular formula is C14H15ClN2O3. The minimum Gasteiger partial charge on any atom is -0.396 e. The van der Waals surface area contributed by atoms with Crippen LogP contribution in [0.1, 0.15) is 23.3 Å². The largest absolute Gasteiger partial charge is 0.396 e. The van der Waals surface area contributed by atoms with Gasteiger partial charge in [-0.3, -0.25) is 4.79 Å². The SMILES string of the molecule is O=C(NCCCCO)c1cc(-c2ccc(Cl)cc2)on1. The van der Waals surface area contributed by atoms with Gasteiger partial charge in [0.1, 0.15) is 0 Å². The molecule has 0 aliphatic rings. The monoisotopic (exact) mass is 294 g/mol. The van der Waals surface area contributed by atoms with E-state index in [0.717, 1.165) is 12.0 Å². The van der Waals surface area contributed by atoms with Crippen LogP contribution in [0.5, 0.6) is 0 Å². The van der Waals surface area contributed by atoms with Crippen LogP contribution in [0.2, 0.25) is 5.02 Å². The van der Waals surface area contributed by atoms with E-state index in [9.17, 15) is 4.79 Å². The Morgan fingerprint density at radius 2 is 2.05 bits per heavy atom. The van der Waals surface area contributed by atoms with E-state index >= 15 is 0 Å². The molecule has 1 amide bonds. The van der Waals surface area contributed by atoms with Gasteiger partial charge >= 0.3 is 0 Å². The van der Waals surface area contributed by atoms with Crippen LogP contribution in [0.4, 0.5) is 0 Å². The van der Waals surface area contributed by atoms with Gasteiger partial charge in [0, 0.05) is 29.8 Å². The number of hydrogen-bond donors (Lipinski definition) is 2. The average molecular weight is 295 g/mol. The smallest absolute Gasteiger partial charge is 0.273 e. The molecule has 2 N–H and O–H groups in total. The van der Waals surface area contributed by atoms with Crippen LogP contribution in [-0.4, -0.2) is 29.3 Å². The number of hydrogen-bond acceptors (Lipinski definition) is 4. The third-order valence-electron chi connectivity index (χ3n) is 2.74. The van der Waals surface area contributed by atoms with Gasteiger partial charge in [-0.2, -0.15) is 0 Å². The summed E-state index contributed by atoms with van der Waals surface area (Å²) in [5.41, 5.74) is 1.04. The van der Waals surface area contributed by atoms with Crippen molar-refractivity contribution in [1.82, 2.24) is 10.5 Å². The number of halogens is 1. The Bertz CT molecular complexity index is 566. The Hall–Kier alpha value is -1.85. The Morgan fingerprint density at radius 3 is 2.75 bits per heavy atom. The summed E-state index contributed by atoms with van der Waals surface area (Å²) in [4.78, 5) is 11.8. The summed E-state index contributed by atoms with van der Waals surface area (Å²) in [5, 5.41) is 15.7. The molecule has 0 radical (unpaired) electrons. The lowest BCUT2D eigenvalue weighted by Crippen LogP contribution is -2.24. The summed E-state index contributed by atoms with van der Waals surface area (Å²) >= 11 is 5.81. The predicted octanol–water partition coefficient (Wildman–Crippen LogP) is 2.50. The molecule has 0 bridgehead atoms. The Morgan fingerprint density at radius 1 is 1.30 bits per heavy atom. The van der Waals surface area contributed by atoms with Crippen molar-refractivity contribution in [2.75, 3.05) is 13.2 Å². The molecule has 0 fully saturated rings. The second kappa shape index (κ2) is 7.07. The fourth-order valence-electron chi connectivity index (χ4n) is 1.66. The summed E-state index contributed by atoms with van der Waals surface area (Å²) in [6, 6.07) is 8.67. The number of nitrogens with one attached hydrogen (secondary N) is 1. The normalized spacial score (nSPS) is 10.5. The minimum atomic E-state index is -0.285. The second-order valence-electron chi connectivity index (χ2n) is 4.27. The maximum atomic E-state index is 11.8. The maximum Gasteiger partial charge on any atom is 0.273 e. The maximum absolute atomic E-state index is 11.8. The van der Waals surface area contributed by atoms with Gasteiger partial charge in [0.25, 0.3) is 5.91 Å². The lowest BCUT2D eigenvalue weighted by Gasteiger charge is -2.00. The zero-order valence-corrected chi connectivity index (χ0v) is 11.6. The summed E-state index contributed by atoms with van der Waals surface area (Å²) in [6.45, 7) is 0.628. The molecule has 0 unspecified atom stereocenters. The van der Waals surface area contributed by atoms with Crippen molar-refractivity contribution in [3.8, 4) is 11.3 Å². The van der Waals surface area contributed by atoms with Crippen molar-refractivity contribution in [3.05, 3.63) is 41.0 Å². The highest BCUT2D eigenvalue weighted by Crippen LogP contribution is 2.22. The molecule has 1 aromatic heterocycles. The lowest BCUT2D eigenvalue weighted by molar-refractivity contribution is 0.0943. The number of amides is 1. The van der Waals surface area contributed by atoms with Crippen molar-refractivity contribution in [3.63, 3.8) is 0 Å². The third-order valence-corrected chi connectivity index (χ3v) is 2.99. The van der Waals surface area contributed by atoms with E-state index in [2.05, 4.69) is 10.5 Å². The Balaban J connectivity index is 1.98. The molecule has 20 heavy (non-hydrogen) atoms. The standard InChI is InChI=1S/C14H15ClN2O3/c15-11-5-3-10(4-6-11)13-9-12(17-20-13)14(19)16-7-1-2-8-18/h3-6,9,18H,1-2,7-8H2,(H,16,19). The fraction of sp³-hybridized carbons (Fsp3) is 0.286. The molecular weight excluding hydrogens is 280 g/mol. The fourth-order valence-corrected chi connectivity index (χ4v) is 1.79. The molecule has 1 aromatic carbocycles. The average Bonchev–Trinajstić information content (AvgIpc) is 2.94. The van der Waals surface area contributed by atoms with Gasteiger partial charge in [-0.15, -0.1) is 0 Å². The van der Waals surface area contributed by atoms with E-state index in [1.807, 2.05) is 0 Å². The molecule has 5 nitrogen and oxygen atoms in total. The molecule has 0 aliphatic carbocycles. The molecule has 1 heterocycles. The predicted molar refractivity (Wildman–Crippen MR) is 75.6 cm³/mol. The molecule has 6 heteroatoms. The van der Waals surface area contributed by atoms with Gasteiger partial charge < -0.3 is 14.9 Å². The van der Waals surface area contributed by atoms with E-state index < -0.39 is 0 Å². The number of carbonyl (C=O) groups excluding carboxylic acids is 1. The Labute approximate surface area is 121 Å². The highest BCUT2D eigenvalue weighted by atomic mass is 35.5. The molecule has 106 valence electrons. The van der Waals surface area contributed by atoms with Crippen LogP contribution < -0.4 is 5.32 Å². The van der Waals surface area contributed by atoms with Crippen LogP contribution in [0.15, 0.2) is 34.9 Å². The first-order chi connectivity index (χ1) is 9.70. The zero-order valence-electron chi connectivity index (χ0n) is 10.8. The topological polar surface area (TPSA) is 75.4 Å². The first kappa shape index (κ1) is 14.6. The molecule has 0 aliphatic heterocycles. The molecule has 0 saturated carbocycles. The summed E-state index contributed by atoms with van der Waals surface area (Å²) in [7, 11) is 0. The number of unbranched alkanes of at least 4 members (excludes halogenated alkanes) is 1. The third kappa shape index (κ3) is 3.82. The van der Waals surface area contributed by atoms with Crippen molar-refractivity contribution in [2.45, 2.75) is 12.8 Å². The highest BCUT2D eigenvalue weighted by molar-refractivity contribution is 6.30. The van der Waals surface area contributed by atoms with E-state index in [-0.39, 0.29) is 18.2 Å². The molecule has 2 aromatic rings. The van der Waals surface area contributed by atoms with Crippen LogP contribution in [0.3, 0.4) is 0 Å². The molecule has 0 saturated heterocycles. The van der Waals surface area contributed by atoms with E-state index in [1.54, 1.807) is 30.3 Å². The van der Waals surface area contributed by atoms with Crippen molar-refractivity contribution in [2.24, 2.45) is 0 Å². The zero-order chi connectivity index (χ0) is 14.4. The van der Waals surface area contributed by atoms with Gasteiger partial charge in [-0.25, -0.2) is 0 Å².